The molecule has 0 saturated heterocycles. The molecule has 0 fully saturated rings. The molecule has 1 heterocycles. The number of benzene rings is 2. The number of aromatic nitrogens is 2. The van der Waals surface area contributed by atoms with Crippen molar-refractivity contribution in [1.82, 2.24) is 4.57 Å². The molecule has 1 N–H and O–H groups in total. The van der Waals surface area contributed by atoms with Gasteiger partial charge in [0, 0.05) is 12.4 Å². The van der Waals surface area contributed by atoms with Crippen LogP contribution in [0.5, 0.6) is 0 Å². The van der Waals surface area contributed by atoms with Crippen molar-refractivity contribution in [3.8, 4) is 0 Å². The van der Waals surface area contributed by atoms with Gasteiger partial charge in [0.25, 0.3) is 0 Å². The van der Waals surface area contributed by atoms with Gasteiger partial charge in [0.05, 0.1) is 6.54 Å². The van der Waals surface area contributed by atoms with E-state index in [0.29, 0.717) is 0 Å². The van der Waals surface area contributed by atoms with E-state index in [4.69, 9.17) is 5.11 Å². The van der Waals surface area contributed by atoms with Crippen LogP contribution >= 0.6 is 15.9 Å². The summed E-state index contributed by atoms with van der Waals surface area (Å²) in [5.74, 6) is 0. The zero-order valence-electron chi connectivity index (χ0n) is 13.5. The van der Waals surface area contributed by atoms with Gasteiger partial charge in [0.1, 0.15) is 6.54 Å². The van der Waals surface area contributed by atoms with E-state index >= 15 is 0 Å². The van der Waals surface area contributed by atoms with Crippen LogP contribution in [0.15, 0.2) is 60.9 Å². The molecule has 0 atom stereocenters. The summed E-state index contributed by atoms with van der Waals surface area (Å²) in [4.78, 5) is 0. The number of aliphatic hydroxyl groups is 1. The van der Waals surface area contributed by atoms with E-state index in [0.717, 1.165) is 25.5 Å². The molecular weight excluding hydrogens is 352 g/mol. The molecule has 3 aromatic rings. The molecule has 0 unspecified atom stereocenters. The van der Waals surface area contributed by atoms with Gasteiger partial charge in [-0.05, 0) is 30.5 Å². The molecule has 4 heteroatoms. The maximum atomic E-state index is 7.00. The zero-order valence-corrected chi connectivity index (χ0v) is 15.1. The predicted octanol–water partition coefficient (Wildman–Crippen LogP) is 3.76. The molecule has 0 saturated carbocycles. The number of imidazole rings is 1. The lowest BCUT2D eigenvalue weighted by Gasteiger charge is -1.98. The van der Waals surface area contributed by atoms with Crippen LogP contribution in [0.1, 0.15) is 18.4 Å². The molecule has 0 aliphatic rings. The van der Waals surface area contributed by atoms with Crippen LogP contribution < -0.4 is 4.57 Å². The number of nitrogens with zero attached hydrogens (tertiary/aromatic N) is 2. The Hall–Kier alpha value is -1.65. The Morgan fingerprint density at radius 1 is 0.957 bits per heavy atom. The lowest BCUT2D eigenvalue weighted by Crippen LogP contribution is -2.32. The Bertz CT molecular complexity index is 710. The number of hydrogen-bond acceptors (Lipinski definition) is 1. The van der Waals surface area contributed by atoms with E-state index in [1.165, 1.54) is 29.4 Å². The smallest absolute Gasteiger partial charge is 0.245 e. The molecule has 0 amide bonds. The standard InChI is InChI=1S/C18H20BrN2.CH4O/c19-12-6-7-13-20-15-21(14-16-8-2-1-3-9-16)18-11-5-4-10-17(18)20;1-2/h1-5,8-11,15H,6-7,12-14H2;2H,1H3/q+1;. The second kappa shape index (κ2) is 9.48. The van der Waals surface area contributed by atoms with E-state index in [-0.39, 0.29) is 0 Å². The predicted molar refractivity (Wildman–Crippen MR) is 98.8 cm³/mol. The van der Waals surface area contributed by atoms with Crippen LogP contribution in [-0.2, 0) is 13.1 Å². The normalized spacial score (nSPS) is 10.4. The van der Waals surface area contributed by atoms with Gasteiger partial charge in [0.15, 0.2) is 11.0 Å². The molecule has 122 valence electrons. The maximum Gasteiger partial charge on any atom is 0.245 e. The van der Waals surface area contributed by atoms with Gasteiger partial charge in [-0.2, -0.15) is 0 Å². The van der Waals surface area contributed by atoms with Crippen molar-refractivity contribution in [3.05, 3.63) is 66.5 Å². The number of aryl methyl sites for hydroxylation is 1. The summed E-state index contributed by atoms with van der Waals surface area (Å²) >= 11 is 3.51. The molecule has 23 heavy (non-hydrogen) atoms. The van der Waals surface area contributed by atoms with Crippen LogP contribution in [0, 0.1) is 0 Å². The highest BCUT2D eigenvalue weighted by molar-refractivity contribution is 9.09. The summed E-state index contributed by atoms with van der Waals surface area (Å²) in [7, 11) is 1.00. The fourth-order valence-electron chi connectivity index (χ4n) is 2.70. The van der Waals surface area contributed by atoms with Gasteiger partial charge < -0.3 is 5.11 Å². The third kappa shape index (κ3) is 4.66. The van der Waals surface area contributed by atoms with Crippen LogP contribution in [0.4, 0.5) is 0 Å². The Balaban J connectivity index is 0.000000924. The molecule has 0 aliphatic heterocycles. The Morgan fingerprint density at radius 3 is 2.39 bits per heavy atom. The molecular formula is C19H24BrN2O+. The highest BCUT2D eigenvalue weighted by Gasteiger charge is 2.14. The number of unbranched alkanes of at least 4 members (excludes halogenated alkanes) is 1. The first kappa shape index (κ1) is 17.7. The van der Waals surface area contributed by atoms with Crippen LogP contribution in [0.25, 0.3) is 11.0 Å². The fourth-order valence-corrected chi connectivity index (χ4v) is 3.10. The van der Waals surface area contributed by atoms with Gasteiger partial charge in [-0.3, -0.25) is 0 Å². The lowest BCUT2D eigenvalue weighted by atomic mass is 10.2. The number of alkyl halides is 1. The first-order valence-electron chi connectivity index (χ1n) is 7.90. The van der Waals surface area contributed by atoms with Crippen molar-refractivity contribution in [2.75, 3.05) is 12.4 Å². The highest BCUT2D eigenvalue weighted by Crippen LogP contribution is 2.13. The van der Waals surface area contributed by atoms with Crippen molar-refractivity contribution >= 4 is 27.0 Å². The summed E-state index contributed by atoms with van der Waals surface area (Å²) < 4.78 is 4.72. The van der Waals surface area contributed by atoms with E-state index in [2.05, 4.69) is 86.0 Å². The minimum absolute atomic E-state index is 0.923. The molecule has 1 aromatic heterocycles. The minimum Gasteiger partial charge on any atom is -0.400 e. The second-order valence-corrected chi connectivity index (χ2v) is 6.10. The molecule has 0 bridgehead atoms. The summed E-state index contributed by atoms with van der Waals surface area (Å²) in [6.07, 6.45) is 4.67. The maximum absolute atomic E-state index is 7.00. The third-order valence-corrected chi connectivity index (χ3v) is 4.32. The molecule has 3 rings (SSSR count). The first-order chi connectivity index (χ1) is 11.4. The second-order valence-electron chi connectivity index (χ2n) is 5.31. The molecule has 3 nitrogen and oxygen atoms in total. The van der Waals surface area contributed by atoms with Crippen molar-refractivity contribution in [1.29, 1.82) is 0 Å². The van der Waals surface area contributed by atoms with Crippen LogP contribution in [-0.4, -0.2) is 22.1 Å². The van der Waals surface area contributed by atoms with E-state index in [1.807, 2.05) is 0 Å². The average Bonchev–Trinajstić information content (AvgIpc) is 2.96. The van der Waals surface area contributed by atoms with Crippen molar-refractivity contribution in [3.63, 3.8) is 0 Å². The number of rotatable bonds is 6. The van der Waals surface area contributed by atoms with Crippen molar-refractivity contribution in [2.24, 2.45) is 0 Å². The van der Waals surface area contributed by atoms with Crippen molar-refractivity contribution in [2.45, 2.75) is 25.9 Å². The van der Waals surface area contributed by atoms with Gasteiger partial charge in [-0.15, -0.1) is 0 Å². The number of para-hydroxylation sites is 2. The average molecular weight is 376 g/mol. The molecule has 0 spiro atoms. The Labute approximate surface area is 146 Å². The summed E-state index contributed by atoms with van der Waals surface area (Å²) in [6, 6.07) is 19.3. The largest absolute Gasteiger partial charge is 0.400 e. The quantitative estimate of drug-likeness (QED) is 0.396. The number of aliphatic hydroxyl groups excluding tert-OH is 1. The van der Waals surface area contributed by atoms with Crippen LogP contribution in [0.2, 0.25) is 0 Å². The Kier molecular flexibility index (Phi) is 7.30. The SMILES string of the molecule is BrCCCCn1c[n+](Cc2ccccc2)c2ccccc21.CO. The number of fused-ring (bicyclic) bond motifs is 1. The van der Waals surface area contributed by atoms with Gasteiger partial charge in [-0.1, -0.05) is 58.4 Å². The summed E-state index contributed by atoms with van der Waals surface area (Å²) in [5, 5.41) is 8.08. The third-order valence-electron chi connectivity index (χ3n) is 3.76. The highest BCUT2D eigenvalue weighted by atomic mass is 79.9. The van der Waals surface area contributed by atoms with Gasteiger partial charge >= 0.3 is 0 Å². The molecule has 0 radical (unpaired) electrons. The summed E-state index contributed by atoms with van der Waals surface area (Å²) in [5.41, 5.74) is 3.97. The van der Waals surface area contributed by atoms with E-state index in [1.54, 1.807) is 0 Å². The zero-order chi connectivity index (χ0) is 16.5. The molecule has 2 aromatic carbocycles. The van der Waals surface area contributed by atoms with E-state index in [9.17, 15) is 0 Å². The lowest BCUT2D eigenvalue weighted by molar-refractivity contribution is -0.663. The van der Waals surface area contributed by atoms with E-state index < -0.39 is 0 Å². The van der Waals surface area contributed by atoms with Crippen molar-refractivity contribution < 1.29 is 9.67 Å². The van der Waals surface area contributed by atoms with Gasteiger partial charge in [0.2, 0.25) is 6.33 Å². The fraction of sp³-hybridized carbons (Fsp3) is 0.316. The van der Waals surface area contributed by atoms with Crippen LogP contribution in [0.3, 0.4) is 0 Å². The minimum atomic E-state index is 0.923. The monoisotopic (exact) mass is 375 g/mol. The summed E-state index contributed by atoms with van der Waals surface area (Å²) in [6.45, 7) is 2.00. The Morgan fingerprint density at radius 2 is 1.65 bits per heavy atom. The number of hydrogen-bond donors (Lipinski definition) is 1. The molecule has 0 aliphatic carbocycles. The number of halogens is 1. The topological polar surface area (TPSA) is 29.0 Å². The first-order valence-corrected chi connectivity index (χ1v) is 9.02. The van der Waals surface area contributed by atoms with Gasteiger partial charge in [-0.25, -0.2) is 9.13 Å².